The van der Waals surface area contributed by atoms with Gasteiger partial charge in [-0.2, -0.15) is 0 Å². The van der Waals surface area contributed by atoms with Crippen LogP contribution in [0.2, 0.25) is 0 Å². The molecular formula is C16H19N3O3S. The van der Waals surface area contributed by atoms with Crippen molar-refractivity contribution >= 4 is 34.4 Å². The molecule has 2 rings (SSSR count). The molecule has 0 bridgehead atoms. The third kappa shape index (κ3) is 5.14. The van der Waals surface area contributed by atoms with Gasteiger partial charge in [-0.15, -0.1) is 6.58 Å². The maximum absolute atomic E-state index is 12.1. The van der Waals surface area contributed by atoms with Gasteiger partial charge < -0.3 is 15.4 Å². The van der Waals surface area contributed by atoms with Crippen LogP contribution in [0.1, 0.15) is 13.3 Å². The Morgan fingerprint density at radius 2 is 2.22 bits per heavy atom. The fourth-order valence-corrected chi connectivity index (χ4v) is 2.92. The monoisotopic (exact) mass is 333 g/mol. The molecule has 1 aliphatic heterocycles. The number of rotatable bonds is 7. The van der Waals surface area contributed by atoms with Gasteiger partial charge in [0, 0.05) is 12.1 Å². The molecule has 6 nitrogen and oxygen atoms in total. The van der Waals surface area contributed by atoms with Crippen molar-refractivity contribution in [2.45, 2.75) is 18.6 Å². The number of hydrogen-bond donors (Lipinski definition) is 2. The summed E-state index contributed by atoms with van der Waals surface area (Å²) in [6, 6.07) is 7.11. The van der Waals surface area contributed by atoms with Gasteiger partial charge in [0.2, 0.25) is 11.8 Å². The van der Waals surface area contributed by atoms with Crippen molar-refractivity contribution < 1.29 is 14.3 Å². The molecule has 0 unspecified atom stereocenters. The molecule has 2 amide bonds. The molecule has 122 valence electrons. The summed E-state index contributed by atoms with van der Waals surface area (Å²) in [6.07, 6.45) is 1.74. The number of hydrogen-bond acceptors (Lipinski definition) is 5. The maximum atomic E-state index is 12.1. The van der Waals surface area contributed by atoms with Crippen LogP contribution in [-0.4, -0.2) is 35.4 Å². The van der Waals surface area contributed by atoms with Crippen molar-refractivity contribution in [3.63, 3.8) is 0 Å². The molecular weight excluding hydrogens is 314 g/mol. The first-order valence-electron chi connectivity index (χ1n) is 7.28. The van der Waals surface area contributed by atoms with E-state index in [-0.39, 0.29) is 18.2 Å². The number of carbonyl (C=O) groups is 2. The highest BCUT2D eigenvalue weighted by Crippen LogP contribution is 2.23. The minimum atomic E-state index is -0.457. The van der Waals surface area contributed by atoms with Gasteiger partial charge in [-0.05, 0) is 31.2 Å². The van der Waals surface area contributed by atoms with Crippen molar-refractivity contribution in [2.75, 3.05) is 18.5 Å². The number of carbonyl (C=O) groups excluding carboxylic acids is 2. The Morgan fingerprint density at radius 1 is 1.48 bits per heavy atom. The molecule has 1 saturated heterocycles. The van der Waals surface area contributed by atoms with E-state index < -0.39 is 5.25 Å². The largest absolute Gasteiger partial charge is 0.494 e. The molecule has 0 aliphatic carbocycles. The molecule has 2 N–H and O–H groups in total. The number of thioether (sulfide) groups is 1. The molecule has 0 spiro atoms. The smallest absolute Gasteiger partial charge is 0.240 e. The van der Waals surface area contributed by atoms with E-state index in [0.717, 1.165) is 5.75 Å². The number of anilines is 1. The zero-order chi connectivity index (χ0) is 16.7. The van der Waals surface area contributed by atoms with Crippen LogP contribution in [-0.2, 0) is 9.59 Å². The Morgan fingerprint density at radius 3 is 2.87 bits per heavy atom. The Kier molecular flexibility index (Phi) is 6.22. The van der Waals surface area contributed by atoms with Crippen molar-refractivity contribution in [2.24, 2.45) is 4.99 Å². The van der Waals surface area contributed by atoms with Crippen LogP contribution in [0.3, 0.4) is 0 Å². The van der Waals surface area contributed by atoms with E-state index in [1.165, 1.54) is 11.8 Å². The zero-order valence-electron chi connectivity index (χ0n) is 12.9. The van der Waals surface area contributed by atoms with Crippen molar-refractivity contribution in [3.8, 4) is 5.75 Å². The summed E-state index contributed by atoms with van der Waals surface area (Å²) in [5, 5.41) is 5.51. The standard InChI is InChI=1S/C16H19N3O3S/c1-3-9-17-16-19-15(21)13(23-16)10-14(20)18-11-5-7-12(8-6-11)22-4-2/h3,5-8,13H,1,4,9-10H2,2H3,(H,18,20)(H,17,19,21)/t13-/m1/s1. The lowest BCUT2D eigenvalue weighted by molar-refractivity contribution is -0.122. The number of nitrogens with zero attached hydrogens (tertiary/aromatic N) is 1. The van der Waals surface area contributed by atoms with E-state index in [9.17, 15) is 9.59 Å². The number of aliphatic imine (C=N–C) groups is 1. The van der Waals surface area contributed by atoms with Crippen molar-refractivity contribution in [1.82, 2.24) is 5.32 Å². The van der Waals surface area contributed by atoms with Gasteiger partial charge in [0.15, 0.2) is 5.17 Å². The van der Waals surface area contributed by atoms with E-state index >= 15 is 0 Å². The topological polar surface area (TPSA) is 79.8 Å². The average molecular weight is 333 g/mol. The minimum absolute atomic E-state index is 0.0941. The first-order valence-corrected chi connectivity index (χ1v) is 8.16. The predicted octanol–water partition coefficient (Wildman–Crippen LogP) is 2.19. The Balaban J connectivity index is 1.87. The molecule has 1 fully saturated rings. The Labute approximate surface area is 139 Å². The van der Waals surface area contributed by atoms with E-state index in [1.54, 1.807) is 30.3 Å². The number of nitrogens with one attached hydrogen (secondary N) is 2. The highest BCUT2D eigenvalue weighted by Gasteiger charge is 2.31. The molecule has 1 aromatic rings. The fourth-order valence-electron chi connectivity index (χ4n) is 1.94. The van der Waals surface area contributed by atoms with Crippen molar-refractivity contribution in [1.29, 1.82) is 0 Å². The van der Waals surface area contributed by atoms with Gasteiger partial charge in [0.25, 0.3) is 0 Å². The molecule has 0 saturated carbocycles. The van der Waals surface area contributed by atoms with Crippen LogP contribution in [0.5, 0.6) is 5.75 Å². The van der Waals surface area contributed by atoms with E-state index in [0.29, 0.717) is 24.0 Å². The van der Waals surface area contributed by atoms with E-state index in [2.05, 4.69) is 22.2 Å². The third-order valence-corrected chi connectivity index (χ3v) is 4.08. The molecule has 0 radical (unpaired) electrons. The molecule has 23 heavy (non-hydrogen) atoms. The van der Waals surface area contributed by atoms with Crippen LogP contribution in [0.4, 0.5) is 5.69 Å². The normalized spacial score (nSPS) is 18.6. The van der Waals surface area contributed by atoms with Gasteiger partial charge >= 0.3 is 0 Å². The maximum Gasteiger partial charge on any atom is 0.240 e. The van der Waals surface area contributed by atoms with Gasteiger partial charge in [-0.25, -0.2) is 0 Å². The summed E-state index contributed by atoms with van der Waals surface area (Å²) in [4.78, 5) is 28.0. The van der Waals surface area contributed by atoms with E-state index in [1.807, 2.05) is 6.92 Å². The fraction of sp³-hybridized carbons (Fsp3) is 0.312. The second-order valence-corrected chi connectivity index (χ2v) is 5.93. The third-order valence-electron chi connectivity index (χ3n) is 2.96. The lowest BCUT2D eigenvalue weighted by atomic mass is 10.2. The number of amidine groups is 1. The quantitative estimate of drug-likeness (QED) is 0.750. The molecule has 0 aromatic heterocycles. The van der Waals surface area contributed by atoms with Crippen LogP contribution in [0.15, 0.2) is 41.9 Å². The molecule has 1 aliphatic rings. The SMILES string of the molecule is C=CCN=C1NC(=O)[C@@H](CC(=O)Nc2ccc(OCC)cc2)S1. The second-order valence-electron chi connectivity index (χ2n) is 4.74. The zero-order valence-corrected chi connectivity index (χ0v) is 13.7. The lowest BCUT2D eigenvalue weighted by Crippen LogP contribution is -2.28. The summed E-state index contributed by atoms with van der Waals surface area (Å²) in [5.74, 6) is 0.339. The highest BCUT2D eigenvalue weighted by molar-refractivity contribution is 8.15. The Hall–Kier alpha value is -2.28. The summed E-state index contributed by atoms with van der Waals surface area (Å²) in [6.45, 7) is 6.51. The molecule has 1 atom stereocenters. The summed E-state index contributed by atoms with van der Waals surface area (Å²) in [7, 11) is 0. The number of benzene rings is 1. The van der Waals surface area contributed by atoms with Gasteiger partial charge in [-0.1, -0.05) is 17.8 Å². The molecule has 7 heteroatoms. The first-order chi connectivity index (χ1) is 11.1. The number of ether oxygens (including phenoxy) is 1. The van der Waals surface area contributed by atoms with Crippen LogP contribution in [0.25, 0.3) is 0 Å². The van der Waals surface area contributed by atoms with Crippen molar-refractivity contribution in [3.05, 3.63) is 36.9 Å². The second kappa shape index (κ2) is 8.38. The summed E-state index contributed by atoms with van der Waals surface area (Å²) >= 11 is 1.27. The van der Waals surface area contributed by atoms with Gasteiger partial charge in [0.05, 0.1) is 13.2 Å². The van der Waals surface area contributed by atoms with Gasteiger partial charge in [-0.3, -0.25) is 14.6 Å². The number of amides is 2. The molecule has 1 heterocycles. The summed E-state index contributed by atoms with van der Waals surface area (Å²) < 4.78 is 5.34. The van der Waals surface area contributed by atoms with Crippen LogP contribution in [0, 0.1) is 0 Å². The van der Waals surface area contributed by atoms with E-state index in [4.69, 9.17) is 4.74 Å². The van der Waals surface area contributed by atoms with Crippen LogP contribution >= 0.6 is 11.8 Å². The summed E-state index contributed by atoms with van der Waals surface area (Å²) in [5.41, 5.74) is 0.669. The first kappa shape index (κ1) is 17.1. The highest BCUT2D eigenvalue weighted by atomic mass is 32.2. The van der Waals surface area contributed by atoms with Crippen LogP contribution < -0.4 is 15.4 Å². The Bertz CT molecular complexity index is 614. The lowest BCUT2D eigenvalue weighted by Gasteiger charge is -2.08. The predicted molar refractivity (Wildman–Crippen MR) is 92.9 cm³/mol. The molecule has 1 aromatic carbocycles. The minimum Gasteiger partial charge on any atom is -0.494 e. The van der Waals surface area contributed by atoms with Gasteiger partial charge in [0.1, 0.15) is 11.0 Å². The average Bonchev–Trinajstić information content (AvgIpc) is 2.87.